The van der Waals surface area contributed by atoms with Gasteiger partial charge >= 0.3 is 16.2 Å². The summed E-state index contributed by atoms with van der Waals surface area (Å²) in [5, 5.41) is 0. The van der Waals surface area contributed by atoms with Crippen LogP contribution >= 0.6 is 0 Å². The second-order valence-corrected chi connectivity index (χ2v) is 10.7. The van der Waals surface area contributed by atoms with Gasteiger partial charge in [-0.05, 0) is 50.0 Å². The lowest BCUT2D eigenvalue weighted by Crippen LogP contribution is -2.51. The van der Waals surface area contributed by atoms with Crippen LogP contribution in [0.4, 0.5) is 5.69 Å². The average Bonchev–Trinajstić information content (AvgIpc) is 3.50. The minimum Gasteiger partial charge on any atom is -0.493 e. The molecule has 1 saturated carbocycles. The third kappa shape index (κ3) is 5.54. The molecule has 2 aliphatic rings. The molecule has 3 atom stereocenters. The Balaban J connectivity index is 1.42. The van der Waals surface area contributed by atoms with Crippen LogP contribution in [0.5, 0.6) is 17.2 Å². The van der Waals surface area contributed by atoms with Gasteiger partial charge in [-0.1, -0.05) is 30.3 Å². The van der Waals surface area contributed by atoms with Gasteiger partial charge in [0.25, 0.3) is 0 Å². The number of piperidine rings is 1. The van der Waals surface area contributed by atoms with Gasteiger partial charge in [0.1, 0.15) is 6.04 Å². The van der Waals surface area contributed by atoms with E-state index in [0.717, 1.165) is 32.1 Å². The number of methoxy groups -OCH3 is 3. The van der Waals surface area contributed by atoms with Crippen LogP contribution in [0.2, 0.25) is 0 Å². The molecule has 10 heteroatoms. The van der Waals surface area contributed by atoms with Gasteiger partial charge in [-0.2, -0.15) is 12.7 Å². The van der Waals surface area contributed by atoms with Crippen LogP contribution in [0.15, 0.2) is 42.5 Å². The van der Waals surface area contributed by atoms with Gasteiger partial charge in [0.2, 0.25) is 5.75 Å². The number of unbranched alkanes of at least 4 members (excludes halogenated alkanes) is 1. The van der Waals surface area contributed by atoms with E-state index in [-0.39, 0.29) is 24.3 Å². The first-order valence-electron chi connectivity index (χ1n) is 12.2. The number of benzene rings is 2. The third-order valence-corrected chi connectivity index (χ3v) is 8.48. The molecular weight excluding hydrogens is 484 g/mol. The van der Waals surface area contributed by atoms with Gasteiger partial charge in [0.15, 0.2) is 11.5 Å². The first-order chi connectivity index (χ1) is 17.4. The van der Waals surface area contributed by atoms with E-state index >= 15 is 0 Å². The second kappa shape index (κ2) is 11.4. The summed E-state index contributed by atoms with van der Waals surface area (Å²) in [6.07, 6.45) is 4.71. The summed E-state index contributed by atoms with van der Waals surface area (Å²) in [5.74, 6) is 0.491. The Morgan fingerprint density at radius 1 is 1.00 bits per heavy atom. The molecule has 2 aromatic rings. The SMILES string of the molecule is COc1cc(NS(=O)(=O)N2C3CCC(C3)C2C(=O)OCCCCc2ccccc2)cc(OC)c1OC. The standard InChI is InChI=1S/C26H34N2O7S/c1-32-22-16-20(17-23(33-2)25(22)34-3)27-36(30,31)28-21-13-12-19(15-21)24(28)26(29)35-14-8-7-11-18-9-5-4-6-10-18/h4-6,9-10,16-17,19,21,24,27H,7-8,11-15H2,1-3H3. The molecule has 2 aromatic carbocycles. The molecule has 0 spiro atoms. The average molecular weight is 519 g/mol. The Morgan fingerprint density at radius 2 is 1.69 bits per heavy atom. The van der Waals surface area contributed by atoms with Crippen molar-refractivity contribution >= 4 is 21.9 Å². The summed E-state index contributed by atoms with van der Waals surface area (Å²) in [4.78, 5) is 13.0. The van der Waals surface area contributed by atoms with Crippen molar-refractivity contribution in [2.75, 3.05) is 32.7 Å². The molecule has 1 saturated heterocycles. The number of nitrogens with one attached hydrogen (secondary N) is 1. The molecule has 2 fully saturated rings. The van der Waals surface area contributed by atoms with Gasteiger partial charge in [0.05, 0.1) is 33.6 Å². The van der Waals surface area contributed by atoms with Crippen molar-refractivity contribution in [3.8, 4) is 17.2 Å². The van der Waals surface area contributed by atoms with Crippen molar-refractivity contribution in [1.29, 1.82) is 0 Å². The predicted molar refractivity (Wildman–Crippen MR) is 136 cm³/mol. The lowest BCUT2D eigenvalue weighted by molar-refractivity contribution is -0.149. The minimum absolute atomic E-state index is 0.0386. The Kier molecular flexibility index (Phi) is 8.25. The maximum atomic E-state index is 13.5. The van der Waals surface area contributed by atoms with Gasteiger partial charge in [-0.3, -0.25) is 9.52 Å². The van der Waals surface area contributed by atoms with E-state index in [9.17, 15) is 13.2 Å². The Hall–Kier alpha value is -2.98. The highest BCUT2D eigenvalue weighted by Crippen LogP contribution is 2.45. The highest BCUT2D eigenvalue weighted by Gasteiger charge is 2.55. The van der Waals surface area contributed by atoms with Crippen molar-refractivity contribution in [2.24, 2.45) is 5.92 Å². The van der Waals surface area contributed by atoms with Crippen LogP contribution in [0, 0.1) is 5.92 Å². The summed E-state index contributed by atoms with van der Waals surface area (Å²) >= 11 is 0. The predicted octanol–water partition coefficient (Wildman–Crippen LogP) is 3.79. The van der Waals surface area contributed by atoms with Crippen molar-refractivity contribution in [3.63, 3.8) is 0 Å². The van der Waals surface area contributed by atoms with Crippen molar-refractivity contribution < 1.29 is 32.2 Å². The zero-order valence-electron chi connectivity index (χ0n) is 20.9. The number of carbonyl (C=O) groups excluding carboxylic acids is 1. The molecule has 1 N–H and O–H groups in total. The summed E-state index contributed by atoms with van der Waals surface area (Å²) in [6.45, 7) is 0.272. The number of nitrogens with zero attached hydrogens (tertiary/aromatic N) is 1. The molecule has 0 radical (unpaired) electrons. The fourth-order valence-corrected chi connectivity index (χ4v) is 6.92. The lowest BCUT2D eigenvalue weighted by atomic mass is 10.0. The summed E-state index contributed by atoms with van der Waals surface area (Å²) in [6, 6.07) is 12.1. The normalized spacial score (nSPS) is 21.2. The van der Waals surface area contributed by atoms with Crippen molar-refractivity contribution in [3.05, 3.63) is 48.0 Å². The van der Waals surface area contributed by atoms with Crippen LogP contribution in [-0.4, -0.2) is 58.7 Å². The molecule has 0 amide bonds. The monoisotopic (exact) mass is 518 g/mol. The van der Waals surface area contributed by atoms with Crippen LogP contribution in [0.1, 0.15) is 37.7 Å². The van der Waals surface area contributed by atoms with Gasteiger partial charge in [-0.15, -0.1) is 0 Å². The Labute approximate surface area is 212 Å². The topological polar surface area (TPSA) is 103 Å². The highest BCUT2D eigenvalue weighted by molar-refractivity contribution is 7.90. The van der Waals surface area contributed by atoms with Crippen molar-refractivity contribution in [2.45, 2.75) is 50.6 Å². The van der Waals surface area contributed by atoms with Gasteiger partial charge < -0.3 is 18.9 Å². The number of hydrogen-bond donors (Lipinski definition) is 1. The molecule has 4 rings (SSSR count). The number of rotatable bonds is 12. The molecule has 3 unspecified atom stereocenters. The quantitative estimate of drug-likeness (QED) is 0.337. The smallest absolute Gasteiger partial charge is 0.324 e. The zero-order chi connectivity index (χ0) is 25.7. The molecule has 2 bridgehead atoms. The van der Waals surface area contributed by atoms with Crippen molar-refractivity contribution in [1.82, 2.24) is 4.31 Å². The fraction of sp³-hybridized carbons (Fsp3) is 0.500. The zero-order valence-corrected chi connectivity index (χ0v) is 21.8. The number of hydrogen-bond acceptors (Lipinski definition) is 7. The van der Waals surface area contributed by atoms with E-state index in [1.807, 2.05) is 18.2 Å². The van der Waals surface area contributed by atoms with Gasteiger partial charge in [-0.25, -0.2) is 0 Å². The van der Waals surface area contributed by atoms with E-state index < -0.39 is 22.2 Å². The van der Waals surface area contributed by atoms with E-state index in [4.69, 9.17) is 18.9 Å². The minimum atomic E-state index is -4.05. The third-order valence-electron chi connectivity index (χ3n) is 6.90. The van der Waals surface area contributed by atoms with E-state index in [0.29, 0.717) is 23.7 Å². The number of anilines is 1. The summed E-state index contributed by atoms with van der Waals surface area (Å²) in [7, 11) is 0.345. The number of ether oxygens (including phenoxy) is 4. The van der Waals surface area contributed by atoms with Crippen LogP contribution in [-0.2, 0) is 26.2 Å². The number of carbonyl (C=O) groups is 1. The highest BCUT2D eigenvalue weighted by atomic mass is 32.2. The maximum absolute atomic E-state index is 13.5. The Bertz CT molecular complexity index is 1130. The lowest BCUT2D eigenvalue weighted by Gasteiger charge is -2.32. The maximum Gasteiger partial charge on any atom is 0.324 e. The molecule has 196 valence electrons. The van der Waals surface area contributed by atoms with Crippen LogP contribution in [0.25, 0.3) is 0 Å². The molecule has 9 nitrogen and oxygen atoms in total. The van der Waals surface area contributed by atoms with E-state index in [1.165, 1.54) is 43.3 Å². The summed E-state index contributed by atoms with van der Waals surface area (Å²) < 4.78 is 52.4. The molecule has 1 aliphatic heterocycles. The number of esters is 1. The van der Waals surface area contributed by atoms with E-state index in [2.05, 4.69) is 16.9 Å². The van der Waals surface area contributed by atoms with Crippen LogP contribution < -0.4 is 18.9 Å². The Morgan fingerprint density at radius 3 is 2.33 bits per heavy atom. The molecule has 1 aliphatic carbocycles. The summed E-state index contributed by atoms with van der Waals surface area (Å²) in [5.41, 5.74) is 1.49. The molecular formula is C26H34N2O7S. The molecule has 36 heavy (non-hydrogen) atoms. The molecule has 1 heterocycles. The second-order valence-electron chi connectivity index (χ2n) is 9.13. The van der Waals surface area contributed by atoms with E-state index in [1.54, 1.807) is 0 Å². The van der Waals surface area contributed by atoms with Crippen LogP contribution in [0.3, 0.4) is 0 Å². The first kappa shape index (κ1) is 26.1. The first-order valence-corrected chi connectivity index (χ1v) is 13.6. The number of fused-ring (bicyclic) bond motifs is 2. The fourth-order valence-electron chi connectivity index (χ4n) is 5.26. The largest absolute Gasteiger partial charge is 0.493 e. The number of aryl methyl sites for hydroxylation is 1. The van der Waals surface area contributed by atoms with Gasteiger partial charge in [0, 0.05) is 18.2 Å². The molecule has 0 aromatic heterocycles.